The standard InChI is InChI=1S/C16H13NO4/c1-10-4-6-11(7-5-10)13-14(18)16(20)17(15(13)19)9-12-3-2-8-21-12/h2-8,18H,9H2,1H3. The Kier molecular flexibility index (Phi) is 3.10. The van der Waals surface area contributed by atoms with E-state index in [9.17, 15) is 14.7 Å². The number of hydrogen-bond acceptors (Lipinski definition) is 4. The Balaban J connectivity index is 1.93. The maximum atomic E-state index is 12.4. The zero-order chi connectivity index (χ0) is 15.0. The van der Waals surface area contributed by atoms with E-state index in [0.29, 0.717) is 11.3 Å². The van der Waals surface area contributed by atoms with E-state index < -0.39 is 17.6 Å². The Labute approximate surface area is 121 Å². The average Bonchev–Trinajstić information content (AvgIpc) is 3.05. The molecule has 0 spiro atoms. The summed E-state index contributed by atoms with van der Waals surface area (Å²) < 4.78 is 5.14. The number of carbonyl (C=O) groups excluding carboxylic acids is 2. The Bertz CT molecular complexity index is 726. The maximum absolute atomic E-state index is 12.4. The number of amides is 2. The smallest absolute Gasteiger partial charge is 0.296 e. The number of imide groups is 1. The van der Waals surface area contributed by atoms with Gasteiger partial charge in [-0.05, 0) is 24.6 Å². The molecule has 106 valence electrons. The third-order valence-corrected chi connectivity index (χ3v) is 3.38. The SMILES string of the molecule is Cc1ccc(C2=C(O)C(=O)N(Cc3ccco3)C2=O)cc1. The highest BCUT2D eigenvalue weighted by Crippen LogP contribution is 2.29. The van der Waals surface area contributed by atoms with Gasteiger partial charge in [-0.3, -0.25) is 14.5 Å². The van der Waals surface area contributed by atoms with Crippen molar-refractivity contribution in [2.75, 3.05) is 0 Å². The lowest BCUT2D eigenvalue weighted by molar-refractivity contribution is -0.139. The highest BCUT2D eigenvalue weighted by Gasteiger charge is 2.39. The van der Waals surface area contributed by atoms with Crippen LogP contribution in [0.1, 0.15) is 16.9 Å². The van der Waals surface area contributed by atoms with Crippen LogP contribution in [0.4, 0.5) is 0 Å². The van der Waals surface area contributed by atoms with Crippen molar-refractivity contribution < 1.29 is 19.1 Å². The summed E-state index contributed by atoms with van der Waals surface area (Å²) in [6, 6.07) is 10.4. The highest BCUT2D eigenvalue weighted by molar-refractivity contribution is 6.34. The fourth-order valence-corrected chi connectivity index (χ4v) is 2.25. The first-order valence-electron chi connectivity index (χ1n) is 6.47. The van der Waals surface area contributed by atoms with E-state index in [1.807, 2.05) is 19.1 Å². The number of furan rings is 1. The van der Waals surface area contributed by atoms with E-state index in [0.717, 1.165) is 10.5 Å². The summed E-state index contributed by atoms with van der Waals surface area (Å²) >= 11 is 0. The largest absolute Gasteiger partial charge is 0.502 e. The third kappa shape index (κ3) is 2.23. The van der Waals surface area contributed by atoms with E-state index in [-0.39, 0.29) is 12.1 Å². The van der Waals surface area contributed by atoms with Crippen LogP contribution in [0.25, 0.3) is 5.57 Å². The lowest BCUT2D eigenvalue weighted by Crippen LogP contribution is -2.30. The molecule has 21 heavy (non-hydrogen) atoms. The minimum absolute atomic E-state index is 0.00406. The van der Waals surface area contributed by atoms with Gasteiger partial charge in [0.1, 0.15) is 5.76 Å². The molecule has 2 heterocycles. The molecule has 2 aromatic rings. The first-order chi connectivity index (χ1) is 10.1. The lowest BCUT2D eigenvalue weighted by Gasteiger charge is -2.12. The molecule has 0 fully saturated rings. The van der Waals surface area contributed by atoms with E-state index in [4.69, 9.17) is 4.42 Å². The fourth-order valence-electron chi connectivity index (χ4n) is 2.25. The van der Waals surface area contributed by atoms with Gasteiger partial charge in [0, 0.05) is 0 Å². The minimum atomic E-state index is -0.702. The molecule has 1 aliphatic heterocycles. The van der Waals surface area contributed by atoms with Gasteiger partial charge in [0.05, 0.1) is 18.4 Å². The minimum Gasteiger partial charge on any atom is -0.502 e. The lowest BCUT2D eigenvalue weighted by atomic mass is 10.0. The molecule has 1 aromatic carbocycles. The molecule has 1 aliphatic rings. The monoisotopic (exact) mass is 283 g/mol. The molecule has 0 saturated carbocycles. The number of aryl methyl sites for hydroxylation is 1. The van der Waals surface area contributed by atoms with Crippen LogP contribution >= 0.6 is 0 Å². The zero-order valence-corrected chi connectivity index (χ0v) is 11.4. The molecule has 1 aromatic heterocycles. The Morgan fingerprint density at radius 1 is 1.10 bits per heavy atom. The topological polar surface area (TPSA) is 70.8 Å². The first-order valence-corrected chi connectivity index (χ1v) is 6.47. The highest BCUT2D eigenvalue weighted by atomic mass is 16.3. The van der Waals surface area contributed by atoms with Gasteiger partial charge >= 0.3 is 0 Å². The van der Waals surface area contributed by atoms with Crippen LogP contribution in [-0.2, 0) is 16.1 Å². The number of hydrogen-bond donors (Lipinski definition) is 1. The van der Waals surface area contributed by atoms with Gasteiger partial charge < -0.3 is 9.52 Å². The molecular formula is C16H13NO4. The number of nitrogens with zero attached hydrogens (tertiary/aromatic N) is 1. The van der Waals surface area contributed by atoms with Crippen LogP contribution < -0.4 is 0 Å². The quantitative estimate of drug-likeness (QED) is 0.878. The molecule has 0 radical (unpaired) electrons. The Morgan fingerprint density at radius 2 is 1.81 bits per heavy atom. The van der Waals surface area contributed by atoms with Crippen molar-refractivity contribution in [1.82, 2.24) is 4.90 Å². The summed E-state index contributed by atoms with van der Waals surface area (Å²) in [5.41, 5.74) is 1.59. The summed E-state index contributed by atoms with van der Waals surface area (Å²) in [5, 5.41) is 9.99. The molecule has 1 N–H and O–H groups in total. The van der Waals surface area contributed by atoms with Crippen LogP contribution in [0, 0.1) is 6.92 Å². The number of rotatable bonds is 3. The van der Waals surface area contributed by atoms with E-state index in [1.54, 1.807) is 24.3 Å². The van der Waals surface area contributed by atoms with Crippen molar-refractivity contribution in [3.63, 3.8) is 0 Å². The number of aliphatic hydroxyl groups excluding tert-OH is 1. The second kappa shape index (κ2) is 4.94. The molecule has 0 atom stereocenters. The number of aliphatic hydroxyl groups is 1. The third-order valence-electron chi connectivity index (χ3n) is 3.38. The van der Waals surface area contributed by atoms with Crippen LogP contribution in [0.3, 0.4) is 0 Å². The normalized spacial score (nSPS) is 15.2. The van der Waals surface area contributed by atoms with Crippen molar-refractivity contribution in [3.05, 3.63) is 65.3 Å². The molecule has 0 unspecified atom stereocenters. The molecule has 2 amide bonds. The summed E-state index contributed by atoms with van der Waals surface area (Å²) in [7, 11) is 0. The van der Waals surface area contributed by atoms with E-state index >= 15 is 0 Å². The van der Waals surface area contributed by atoms with Crippen molar-refractivity contribution in [3.8, 4) is 0 Å². The summed E-state index contributed by atoms with van der Waals surface area (Å²) in [5.74, 6) is -1.25. The van der Waals surface area contributed by atoms with Crippen LogP contribution in [0.15, 0.2) is 52.8 Å². The molecular weight excluding hydrogens is 270 g/mol. The molecule has 5 heteroatoms. The Hall–Kier alpha value is -2.82. The molecule has 0 aliphatic carbocycles. The van der Waals surface area contributed by atoms with Gasteiger partial charge in [0.25, 0.3) is 11.8 Å². The van der Waals surface area contributed by atoms with Gasteiger partial charge in [-0.2, -0.15) is 0 Å². The van der Waals surface area contributed by atoms with E-state index in [2.05, 4.69) is 0 Å². The fraction of sp³-hybridized carbons (Fsp3) is 0.125. The second-order valence-electron chi connectivity index (χ2n) is 4.87. The molecule has 5 nitrogen and oxygen atoms in total. The van der Waals surface area contributed by atoms with Crippen molar-refractivity contribution >= 4 is 17.4 Å². The van der Waals surface area contributed by atoms with E-state index in [1.165, 1.54) is 6.26 Å². The van der Waals surface area contributed by atoms with Crippen LogP contribution in [0.2, 0.25) is 0 Å². The van der Waals surface area contributed by atoms with Gasteiger partial charge in [0.15, 0.2) is 5.76 Å². The van der Waals surface area contributed by atoms with Gasteiger partial charge in [0.2, 0.25) is 0 Å². The van der Waals surface area contributed by atoms with Crippen LogP contribution in [-0.4, -0.2) is 21.8 Å². The van der Waals surface area contributed by atoms with Gasteiger partial charge in [-0.25, -0.2) is 0 Å². The number of benzene rings is 1. The Morgan fingerprint density at radius 3 is 2.43 bits per heavy atom. The van der Waals surface area contributed by atoms with Gasteiger partial charge in [-0.15, -0.1) is 0 Å². The van der Waals surface area contributed by atoms with Crippen molar-refractivity contribution in [2.24, 2.45) is 0 Å². The zero-order valence-electron chi connectivity index (χ0n) is 11.4. The van der Waals surface area contributed by atoms with Crippen molar-refractivity contribution in [1.29, 1.82) is 0 Å². The predicted octanol–water partition coefficient (Wildman–Crippen LogP) is 2.43. The maximum Gasteiger partial charge on any atom is 0.296 e. The second-order valence-corrected chi connectivity index (χ2v) is 4.87. The average molecular weight is 283 g/mol. The first kappa shape index (κ1) is 13.2. The summed E-state index contributed by atoms with van der Waals surface area (Å²) in [6.07, 6.45) is 1.47. The molecule has 3 rings (SSSR count). The van der Waals surface area contributed by atoms with Gasteiger partial charge in [-0.1, -0.05) is 29.8 Å². The number of carbonyl (C=O) groups is 2. The summed E-state index contributed by atoms with van der Waals surface area (Å²) in [4.78, 5) is 25.4. The van der Waals surface area contributed by atoms with Crippen molar-refractivity contribution in [2.45, 2.75) is 13.5 Å². The summed E-state index contributed by atoms with van der Waals surface area (Å²) in [6.45, 7) is 1.92. The molecule has 0 bridgehead atoms. The predicted molar refractivity (Wildman–Crippen MR) is 75.0 cm³/mol. The molecule has 0 saturated heterocycles. The van der Waals surface area contributed by atoms with Crippen LogP contribution in [0.5, 0.6) is 0 Å².